The molecule has 27 heavy (non-hydrogen) atoms. The molecule has 0 spiro atoms. The number of halogens is 2. The van der Waals surface area contributed by atoms with Crippen LogP contribution in [0.5, 0.6) is 5.75 Å². The zero-order valence-corrected chi connectivity index (χ0v) is 16.4. The highest BCUT2D eigenvalue weighted by molar-refractivity contribution is 6.35. The van der Waals surface area contributed by atoms with Crippen molar-refractivity contribution in [2.45, 2.75) is 25.4 Å². The van der Waals surface area contributed by atoms with Gasteiger partial charge < -0.3 is 15.0 Å². The average Bonchev–Trinajstić information content (AvgIpc) is 3.17. The van der Waals surface area contributed by atoms with Crippen molar-refractivity contribution in [2.24, 2.45) is 0 Å². The van der Waals surface area contributed by atoms with E-state index in [4.69, 9.17) is 27.9 Å². The van der Waals surface area contributed by atoms with Gasteiger partial charge >= 0.3 is 0 Å². The predicted octanol–water partition coefficient (Wildman–Crippen LogP) is 3.92. The first kappa shape index (κ1) is 19.5. The smallest absolute Gasteiger partial charge is 0.256 e. The van der Waals surface area contributed by atoms with Gasteiger partial charge in [0.05, 0.1) is 17.7 Å². The van der Waals surface area contributed by atoms with Gasteiger partial charge in [0.1, 0.15) is 11.8 Å². The number of rotatable bonds is 5. The Morgan fingerprint density at radius 2 is 1.93 bits per heavy atom. The van der Waals surface area contributed by atoms with E-state index in [1.54, 1.807) is 24.1 Å². The van der Waals surface area contributed by atoms with Crippen molar-refractivity contribution in [3.8, 4) is 5.75 Å². The predicted molar refractivity (Wildman–Crippen MR) is 105 cm³/mol. The second kappa shape index (κ2) is 8.63. The maximum atomic E-state index is 12.9. The summed E-state index contributed by atoms with van der Waals surface area (Å²) in [4.78, 5) is 27.1. The highest BCUT2D eigenvalue weighted by atomic mass is 35.5. The van der Waals surface area contributed by atoms with Gasteiger partial charge in [-0.15, -0.1) is 0 Å². The van der Waals surface area contributed by atoms with Gasteiger partial charge in [-0.05, 0) is 48.7 Å². The van der Waals surface area contributed by atoms with E-state index < -0.39 is 6.04 Å². The van der Waals surface area contributed by atoms with Crippen LogP contribution in [0, 0.1) is 0 Å². The third-order valence-corrected chi connectivity index (χ3v) is 5.17. The maximum absolute atomic E-state index is 12.9. The molecule has 1 aliphatic heterocycles. The molecule has 1 aliphatic rings. The van der Waals surface area contributed by atoms with Crippen molar-refractivity contribution in [2.75, 3.05) is 13.7 Å². The molecule has 1 saturated heterocycles. The lowest BCUT2D eigenvalue weighted by Gasteiger charge is -2.24. The van der Waals surface area contributed by atoms with Gasteiger partial charge in [0.25, 0.3) is 5.91 Å². The van der Waals surface area contributed by atoms with Gasteiger partial charge in [-0.2, -0.15) is 0 Å². The zero-order chi connectivity index (χ0) is 19.4. The van der Waals surface area contributed by atoms with Gasteiger partial charge in [-0.25, -0.2) is 0 Å². The highest BCUT2D eigenvalue weighted by Gasteiger charge is 2.35. The molecular weight excluding hydrogens is 387 g/mol. The molecule has 1 N–H and O–H groups in total. The van der Waals surface area contributed by atoms with Crippen molar-refractivity contribution in [3.63, 3.8) is 0 Å². The fourth-order valence-electron chi connectivity index (χ4n) is 3.15. The standard InChI is InChI=1S/C20H20Cl2N2O3/c1-27-15-7-4-13(5-8-15)12-23-19(25)18-3-2-10-24(18)20(26)16-11-14(21)6-9-17(16)22/h4-9,11,18H,2-3,10,12H2,1H3,(H,23,25). The molecule has 0 aliphatic carbocycles. The Morgan fingerprint density at radius 3 is 2.63 bits per heavy atom. The molecule has 1 atom stereocenters. The Balaban J connectivity index is 1.66. The molecule has 1 unspecified atom stereocenters. The molecule has 2 amide bonds. The minimum Gasteiger partial charge on any atom is -0.497 e. The topological polar surface area (TPSA) is 58.6 Å². The minimum absolute atomic E-state index is 0.171. The first-order valence-electron chi connectivity index (χ1n) is 8.66. The van der Waals surface area contributed by atoms with E-state index in [0.29, 0.717) is 35.1 Å². The molecular formula is C20H20Cl2N2O3. The average molecular weight is 407 g/mol. The third kappa shape index (κ3) is 4.54. The number of methoxy groups -OCH3 is 1. The van der Waals surface area contributed by atoms with Crippen LogP contribution in [0.2, 0.25) is 10.0 Å². The molecule has 1 heterocycles. The number of hydrogen-bond acceptors (Lipinski definition) is 3. The number of nitrogens with zero attached hydrogens (tertiary/aromatic N) is 1. The molecule has 3 rings (SSSR count). The third-order valence-electron chi connectivity index (χ3n) is 4.60. The van der Waals surface area contributed by atoms with Crippen LogP contribution < -0.4 is 10.1 Å². The molecule has 0 aromatic heterocycles. The van der Waals surface area contributed by atoms with Crippen molar-refractivity contribution in [1.29, 1.82) is 0 Å². The van der Waals surface area contributed by atoms with Crippen LogP contribution in [0.25, 0.3) is 0 Å². The number of ether oxygens (including phenoxy) is 1. The van der Waals surface area contributed by atoms with Crippen molar-refractivity contribution >= 4 is 35.0 Å². The molecule has 2 aromatic carbocycles. The molecule has 2 aromatic rings. The monoisotopic (exact) mass is 406 g/mol. The molecule has 1 fully saturated rings. The lowest BCUT2D eigenvalue weighted by Crippen LogP contribution is -2.45. The molecule has 0 radical (unpaired) electrons. The van der Waals surface area contributed by atoms with Crippen LogP contribution in [-0.2, 0) is 11.3 Å². The number of carbonyl (C=O) groups excluding carboxylic acids is 2. The van der Waals surface area contributed by atoms with Crippen molar-refractivity contribution < 1.29 is 14.3 Å². The van der Waals surface area contributed by atoms with Gasteiger partial charge in [-0.1, -0.05) is 35.3 Å². The van der Waals surface area contributed by atoms with E-state index in [9.17, 15) is 9.59 Å². The summed E-state index contributed by atoms with van der Waals surface area (Å²) in [6, 6.07) is 11.7. The number of likely N-dealkylation sites (tertiary alicyclic amines) is 1. The normalized spacial score (nSPS) is 16.3. The van der Waals surface area contributed by atoms with E-state index in [-0.39, 0.29) is 11.8 Å². The van der Waals surface area contributed by atoms with Crippen LogP contribution in [0.3, 0.4) is 0 Å². The number of nitrogens with one attached hydrogen (secondary N) is 1. The summed E-state index contributed by atoms with van der Waals surface area (Å²) >= 11 is 12.1. The quantitative estimate of drug-likeness (QED) is 0.818. The van der Waals surface area contributed by atoms with Crippen molar-refractivity contribution in [3.05, 3.63) is 63.6 Å². The number of amides is 2. The Morgan fingerprint density at radius 1 is 1.19 bits per heavy atom. The number of benzene rings is 2. The number of carbonyl (C=O) groups is 2. The fraction of sp³-hybridized carbons (Fsp3) is 0.300. The highest BCUT2D eigenvalue weighted by Crippen LogP contribution is 2.26. The zero-order valence-electron chi connectivity index (χ0n) is 14.9. The Labute approximate surface area is 168 Å². The van der Waals surface area contributed by atoms with E-state index in [2.05, 4.69) is 5.32 Å². The summed E-state index contributed by atoms with van der Waals surface area (Å²) in [5, 5.41) is 3.67. The van der Waals surface area contributed by atoms with E-state index in [1.165, 1.54) is 6.07 Å². The summed E-state index contributed by atoms with van der Waals surface area (Å²) in [6.45, 7) is 0.904. The van der Waals surface area contributed by atoms with Crippen molar-refractivity contribution in [1.82, 2.24) is 10.2 Å². The SMILES string of the molecule is COc1ccc(CNC(=O)C2CCCN2C(=O)c2cc(Cl)ccc2Cl)cc1. The molecule has 0 saturated carbocycles. The Kier molecular flexibility index (Phi) is 6.24. The van der Waals surface area contributed by atoms with E-state index in [1.807, 2.05) is 24.3 Å². The van der Waals surface area contributed by atoms with Gasteiger partial charge in [0.15, 0.2) is 0 Å². The summed E-state index contributed by atoms with van der Waals surface area (Å²) < 4.78 is 5.12. The maximum Gasteiger partial charge on any atom is 0.256 e. The first-order valence-corrected chi connectivity index (χ1v) is 9.42. The van der Waals surface area contributed by atoms with Crippen LogP contribution >= 0.6 is 23.2 Å². The van der Waals surface area contributed by atoms with Gasteiger partial charge in [0, 0.05) is 18.1 Å². The van der Waals surface area contributed by atoms with Gasteiger partial charge in [0.2, 0.25) is 5.91 Å². The van der Waals surface area contributed by atoms with Crippen LogP contribution in [-0.4, -0.2) is 36.4 Å². The molecule has 0 bridgehead atoms. The largest absolute Gasteiger partial charge is 0.497 e. The summed E-state index contributed by atoms with van der Waals surface area (Å²) in [6.07, 6.45) is 1.39. The number of hydrogen-bond donors (Lipinski definition) is 1. The van der Waals surface area contributed by atoms with Crippen LogP contribution in [0.4, 0.5) is 0 Å². The summed E-state index contributed by atoms with van der Waals surface area (Å²) in [7, 11) is 1.61. The Bertz CT molecular complexity index is 840. The summed E-state index contributed by atoms with van der Waals surface area (Å²) in [5.74, 6) is 0.315. The second-order valence-electron chi connectivity index (χ2n) is 6.35. The molecule has 5 nitrogen and oxygen atoms in total. The van der Waals surface area contributed by atoms with E-state index >= 15 is 0 Å². The lowest BCUT2D eigenvalue weighted by molar-refractivity contribution is -0.125. The van der Waals surface area contributed by atoms with E-state index in [0.717, 1.165) is 17.7 Å². The molecule has 7 heteroatoms. The first-order chi connectivity index (χ1) is 13.0. The minimum atomic E-state index is -0.509. The van der Waals surface area contributed by atoms with Crippen LogP contribution in [0.1, 0.15) is 28.8 Å². The summed E-state index contributed by atoms with van der Waals surface area (Å²) in [5.41, 5.74) is 1.27. The second-order valence-corrected chi connectivity index (χ2v) is 7.19. The lowest BCUT2D eigenvalue weighted by atomic mass is 10.1. The molecule has 142 valence electrons. The fourth-order valence-corrected chi connectivity index (χ4v) is 3.52. The van der Waals surface area contributed by atoms with Crippen LogP contribution in [0.15, 0.2) is 42.5 Å². The van der Waals surface area contributed by atoms with Gasteiger partial charge in [-0.3, -0.25) is 9.59 Å². The Hall–Kier alpha value is -2.24.